The minimum absolute atomic E-state index is 0.0482. The number of ether oxygens (including phenoxy) is 2. The van der Waals surface area contributed by atoms with Crippen LogP contribution in [0.2, 0.25) is 0 Å². The van der Waals surface area contributed by atoms with Crippen LogP contribution in [-0.2, 0) is 16.1 Å². The molecule has 1 saturated heterocycles. The first-order valence-corrected chi connectivity index (χ1v) is 10.6. The summed E-state index contributed by atoms with van der Waals surface area (Å²) in [5, 5.41) is 11.2. The van der Waals surface area contributed by atoms with Gasteiger partial charge < -0.3 is 19.5 Å². The Morgan fingerprint density at radius 2 is 1.58 bits per heavy atom. The van der Waals surface area contributed by atoms with E-state index in [0.717, 1.165) is 11.1 Å². The molecule has 1 N–H and O–H groups in total. The molecule has 6 nitrogen and oxygen atoms in total. The molecule has 0 spiro atoms. The number of aryl methyl sites for hydroxylation is 1. The zero-order chi connectivity index (χ0) is 23.5. The molecule has 1 aliphatic rings. The van der Waals surface area contributed by atoms with E-state index in [2.05, 4.69) is 0 Å². The Balaban J connectivity index is 1.89. The van der Waals surface area contributed by atoms with E-state index >= 15 is 0 Å². The summed E-state index contributed by atoms with van der Waals surface area (Å²) in [6, 6.07) is 21.1. The van der Waals surface area contributed by atoms with E-state index in [9.17, 15) is 14.7 Å². The number of benzene rings is 3. The number of likely N-dealkylation sites (tertiary alicyclic amines) is 1. The van der Waals surface area contributed by atoms with Gasteiger partial charge in [-0.2, -0.15) is 0 Å². The zero-order valence-electron chi connectivity index (χ0n) is 18.7. The molecule has 3 aromatic rings. The number of amides is 1. The van der Waals surface area contributed by atoms with Gasteiger partial charge in [0.05, 0.1) is 25.8 Å². The Labute approximate surface area is 192 Å². The van der Waals surface area contributed by atoms with E-state index in [-0.39, 0.29) is 17.9 Å². The number of hydrogen-bond acceptors (Lipinski definition) is 5. The van der Waals surface area contributed by atoms with Crippen molar-refractivity contribution in [3.63, 3.8) is 0 Å². The summed E-state index contributed by atoms with van der Waals surface area (Å²) in [5.41, 5.74) is 3.06. The lowest BCUT2D eigenvalue weighted by Crippen LogP contribution is -2.29. The number of aliphatic hydroxyl groups excluding tert-OH is 1. The average molecular weight is 443 g/mol. The molecule has 0 aliphatic carbocycles. The first-order valence-electron chi connectivity index (χ1n) is 10.6. The molecule has 1 aliphatic heterocycles. The van der Waals surface area contributed by atoms with Crippen LogP contribution in [-0.4, -0.2) is 35.9 Å². The van der Waals surface area contributed by atoms with Gasteiger partial charge in [-0.1, -0.05) is 66.2 Å². The topological polar surface area (TPSA) is 76.1 Å². The lowest BCUT2D eigenvalue weighted by Gasteiger charge is -2.26. The van der Waals surface area contributed by atoms with Gasteiger partial charge in [0.1, 0.15) is 5.76 Å². The van der Waals surface area contributed by atoms with Crippen LogP contribution < -0.4 is 9.47 Å². The van der Waals surface area contributed by atoms with Crippen LogP contribution in [0.1, 0.15) is 28.3 Å². The normalized spacial score (nSPS) is 17.3. The van der Waals surface area contributed by atoms with Crippen molar-refractivity contribution in [3.8, 4) is 11.5 Å². The second kappa shape index (κ2) is 9.20. The molecule has 1 heterocycles. The van der Waals surface area contributed by atoms with Gasteiger partial charge in [-0.15, -0.1) is 0 Å². The molecular weight excluding hydrogens is 418 g/mol. The third-order valence-corrected chi connectivity index (χ3v) is 5.78. The fourth-order valence-corrected chi connectivity index (χ4v) is 4.06. The number of carbonyl (C=O) groups is 2. The third kappa shape index (κ3) is 4.20. The van der Waals surface area contributed by atoms with Gasteiger partial charge in [-0.3, -0.25) is 9.59 Å². The maximum Gasteiger partial charge on any atom is 0.295 e. The van der Waals surface area contributed by atoms with Gasteiger partial charge in [0.25, 0.3) is 11.7 Å². The number of aliphatic hydroxyl groups is 1. The smallest absolute Gasteiger partial charge is 0.295 e. The Morgan fingerprint density at radius 3 is 2.21 bits per heavy atom. The van der Waals surface area contributed by atoms with Crippen molar-refractivity contribution >= 4 is 17.4 Å². The van der Waals surface area contributed by atoms with Crippen LogP contribution >= 0.6 is 0 Å². The van der Waals surface area contributed by atoms with Crippen molar-refractivity contribution in [1.29, 1.82) is 0 Å². The predicted octanol–water partition coefficient (Wildman–Crippen LogP) is 4.63. The van der Waals surface area contributed by atoms with E-state index < -0.39 is 17.7 Å². The number of methoxy groups -OCH3 is 2. The number of ketones is 1. The summed E-state index contributed by atoms with van der Waals surface area (Å²) in [6.07, 6.45) is 0. The minimum Gasteiger partial charge on any atom is -0.507 e. The molecule has 1 atom stereocenters. The molecule has 0 radical (unpaired) electrons. The first kappa shape index (κ1) is 22.1. The van der Waals surface area contributed by atoms with Crippen LogP contribution in [0.4, 0.5) is 0 Å². The molecule has 0 bridgehead atoms. The number of rotatable bonds is 6. The fraction of sp³-hybridized carbons (Fsp3) is 0.185. The van der Waals surface area contributed by atoms with E-state index in [4.69, 9.17) is 9.47 Å². The molecule has 0 aromatic heterocycles. The highest BCUT2D eigenvalue weighted by atomic mass is 16.5. The number of nitrogens with zero attached hydrogens (tertiary/aromatic N) is 1. The highest BCUT2D eigenvalue weighted by Crippen LogP contribution is 2.42. The van der Waals surface area contributed by atoms with Crippen molar-refractivity contribution in [1.82, 2.24) is 4.90 Å². The summed E-state index contributed by atoms with van der Waals surface area (Å²) in [6.45, 7) is 2.15. The van der Waals surface area contributed by atoms with Gasteiger partial charge in [0, 0.05) is 12.1 Å². The van der Waals surface area contributed by atoms with Gasteiger partial charge in [0.2, 0.25) is 0 Å². The molecule has 6 heteroatoms. The molecule has 1 unspecified atom stereocenters. The van der Waals surface area contributed by atoms with E-state index in [1.807, 2.05) is 49.4 Å². The molecule has 4 rings (SSSR count). The Morgan fingerprint density at radius 1 is 0.909 bits per heavy atom. The second-order valence-corrected chi connectivity index (χ2v) is 7.89. The Kier molecular flexibility index (Phi) is 6.18. The van der Waals surface area contributed by atoms with E-state index in [1.54, 1.807) is 30.3 Å². The summed E-state index contributed by atoms with van der Waals surface area (Å²) in [5.74, 6) is -0.588. The van der Waals surface area contributed by atoms with Gasteiger partial charge in [-0.05, 0) is 30.2 Å². The quantitative estimate of drug-likeness (QED) is 0.341. The number of carbonyl (C=O) groups excluding carboxylic acids is 2. The maximum atomic E-state index is 13.2. The largest absolute Gasteiger partial charge is 0.507 e. The van der Waals surface area contributed by atoms with Crippen LogP contribution in [0, 0.1) is 6.92 Å². The number of hydrogen-bond donors (Lipinski definition) is 1. The van der Waals surface area contributed by atoms with Crippen molar-refractivity contribution in [2.75, 3.05) is 14.2 Å². The Hall–Kier alpha value is -4.06. The fourth-order valence-electron chi connectivity index (χ4n) is 4.06. The highest BCUT2D eigenvalue weighted by Gasteiger charge is 2.46. The molecule has 1 amide bonds. The lowest BCUT2D eigenvalue weighted by atomic mass is 9.94. The van der Waals surface area contributed by atoms with Gasteiger partial charge in [-0.25, -0.2) is 0 Å². The maximum absolute atomic E-state index is 13.2. The summed E-state index contributed by atoms with van der Waals surface area (Å²) in [4.78, 5) is 27.8. The van der Waals surface area contributed by atoms with Crippen LogP contribution in [0.25, 0.3) is 5.76 Å². The SMILES string of the molecule is COc1ccc(C2/C(=C(\O)c3ccc(C)cc3)C(=O)C(=O)N2Cc2ccccc2)cc1OC. The number of Topliss-reactive ketones (excluding diaryl/α,β-unsaturated/α-hetero) is 1. The zero-order valence-corrected chi connectivity index (χ0v) is 18.7. The van der Waals surface area contributed by atoms with Crippen molar-refractivity contribution < 1.29 is 24.2 Å². The minimum atomic E-state index is -0.786. The monoisotopic (exact) mass is 443 g/mol. The molecule has 3 aromatic carbocycles. The average Bonchev–Trinajstić information content (AvgIpc) is 3.09. The summed E-state index contributed by atoms with van der Waals surface area (Å²) >= 11 is 0. The van der Waals surface area contributed by atoms with Gasteiger partial charge >= 0.3 is 0 Å². The Bertz CT molecular complexity index is 1220. The van der Waals surface area contributed by atoms with Gasteiger partial charge in [0.15, 0.2) is 11.5 Å². The molecule has 0 saturated carbocycles. The van der Waals surface area contributed by atoms with Crippen molar-refractivity contribution in [2.45, 2.75) is 19.5 Å². The van der Waals surface area contributed by atoms with E-state index in [1.165, 1.54) is 19.1 Å². The molecule has 33 heavy (non-hydrogen) atoms. The van der Waals surface area contributed by atoms with Crippen molar-refractivity contribution in [2.24, 2.45) is 0 Å². The standard InChI is InChI=1S/C27H25NO5/c1-17-9-11-19(12-10-17)25(29)23-24(20-13-14-21(32-2)22(15-20)33-3)28(27(31)26(23)30)16-18-7-5-4-6-8-18/h4-15,24,29H,16H2,1-3H3/b25-23+. The van der Waals surface area contributed by atoms with E-state index in [0.29, 0.717) is 22.6 Å². The van der Waals surface area contributed by atoms with Crippen LogP contribution in [0.3, 0.4) is 0 Å². The summed E-state index contributed by atoms with van der Waals surface area (Å²) in [7, 11) is 3.06. The van der Waals surface area contributed by atoms with Crippen molar-refractivity contribution in [3.05, 3.63) is 101 Å². The highest BCUT2D eigenvalue weighted by molar-refractivity contribution is 6.46. The predicted molar refractivity (Wildman–Crippen MR) is 125 cm³/mol. The molecular formula is C27H25NO5. The first-order chi connectivity index (χ1) is 15.9. The van der Waals surface area contributed by atoms with Crippen LogP contribution in [0.15, 0.2) is 78.4 Å². The van der Waals surface area contributed by atoms with Crippen LogP contribution in [0.5, 0.6) is 11.5 Å². The third-order valence-electron chi connectivity index (χ3n) is 5.78. The molecule has 1 fully saturated rings. The second-order valence-electron chi connectivity index (χ2n) is 7.89. The molecule has 168 valence electrons. The lowest BCUT2D eigenvalue weighted by molar-refractivity contribution is -0.140. The summed E-state index contributed by atoms with van der Waals surface area (Å²) < 4.78 is 10.8.